The maximum Gasteiger partial charge on any atom is 0.239 e. The first-order valence-electron chi connectivity index (χ1n) is 6.52. The van der Waals surface area contributed by atoms with Gasteiger partial charge in [0.05, 0.1) is 19.3 Å². The molecule has 2 unspecified atom stereocenters. The minimum Gasteiger partial charge on any atom is -0.378 e. The van der Waals surface area contributed by atoms with Crippen molar-refractivity contribution < 1.29 is 9.53 Å². The Kier molecular flexibility index (Phi) is 4.36. The highest BCUT2D eigenvalue weighted by atomic mass is 16.5. The Morgan fingerprint density at radius 2 is 2.06 bits per heavy atom. The second-order valence-electron chi connectivity index (χ2n) is 4.96. The molecule has 98 valence electrons. The second-order valence-corrected chi connectivity index (χ2v) is 4.96. The van der Waals surface area contributed by atoms with Gasteiger partial charge in [0.1, 0.15) is 0 Å². The highest BCUT2D eigenvalue weighted by molar-refractivity contribution is 5.81. The molecule has 0 aromatic rings. The summed E-state index contributed by atoms with van der Waals surface area (Å²) in [6, 6.07) is 0.473. The van der Waals surface area contributed by atoms with E-state index in [-0.39, 0.29) is 11.9 Å². The molecule has 2 atom stereocenters. The van der Waals surface area contributed by atoms with Crippen molar-refractivity contribution in [3.63, 3.8) is 0 Å². The first-order valence-corrected chi connectivity index (χ1v) is 6.52. The number of carbonyl (C=O) groups is 1. The van der Waals surface area contributed by atoms with Crippen molar-refractivity contribution in [1.29, 1.82) is 0 Å². The first-order chi connectivity index (χ1) is 8.18. The van der Waals surface area contributed by atoms with Gasteiger partial charge in [-0.3, -0.25) is 9.69 Å². The van der Waals surface area contributed by atoms with Crippen molar-refractivity contribution >= 4 is 5.91 Å². The van der Waals surface area contributed by atoms with E-state index in [2.05, 4.69) is 17.1 Å². The number of carbonyl (C=O) groups excluding carboxylic acids is 1. The van der Waals surface area contributed by atoms with Crippen LogP contribution in [0.2, 0.25) is 0 Å². The van der Waals surface area contributed by atoms with Crippen molar-refractivity contribution in [2.45, 2.75) is 25.9 Å². The van der Waals surface area contributed by atoms with Gasteiger partial charge in [-0.2, -0.15) is 0 Å². The molecular weight excluding hydrogens is 218 g/mol. The fourth-order valence-electron chi connectivity index (χ4n) is 2.52. The van der Waals surface area contributed by atoms with Gasteiger partial charge in [0.25, 0.3) is 0 Å². The molecule has 1 amide bonds. The van der Waals surface area contributed by atoms with Crippen LogP contribution in [0.3, 0.4) is 0 Å². The van der Waals surface area contributed by atoms with Crippen LogP contribution in [0.15, 0.2) is 0 Å². The van der Waals surface area contributed by atoms with Crippen molar-refractivity contribution in [2.24, 2.45) is 0 Å². The van der Waals surface area contributed by atoms with Crippen molar-refractivity contribution in [1.82, 2.24) is 15.1 Å². The molecule has 0 saturated carbocycles. The molecule has 0 aromatic carbocycles. The molecule has 1 N–H and O–H groups in total. The summed E-state index contributed by atoms with van der Waals surface area (Å²) in [7, 11) is 0. The first kappa shape index (κ1) is 12.8. The number of piperazine rings is 1. The van der Waals surface area contributed by atoms with Crippen LogP contribution in [-0.4, -0.2) is 73.7 Å². The maximum absolute atomic E-state index is 12.3. The summed E-state index contributed by atoms with van der Waals surface area (Å²) in [6.07, 6.45) is 0. The van der Waals surface area contributed by atoms with Crippen LogP contribution in [0.25, 0.3) is 0 Å². The zero-order valence-corrected chi connectivity index (χ0v) is 10.8. The number of morpholine rings is 1. The van der Waals surface area contributed by atoms with E-state index in [1.807, 2.05) is 11.8 Å². The van der Waals surface area contributed by atoms with E-state index in [1.165, 1.54) is 0 Å². The lowest BCUT2D eigenvalue weighted by Gasteiger charge is -2.38. The van der Waals surface area contributed by atoms with Gasteiger partial charge >= 0.3 is 0 Å². The Balaban J connectivity index is 1.89. The van der Waals surface area contributed by atoms with Crippen LogP contribution >= 0.6 is 0 Å². The van der Waals surface area contributed by atoms with Crippen LogP contribution in [0.5, 0.6) is 0 Å². The zero-order chi connectivity index (χ0) is 12.3. The largest absolute Gasteiger partial charge is 0.378 e. The van der Waals surface area contributed by atoms with E-state index in [0.717, 1.165) is 32.7 Å². The molecule has 5 nitrogen and oxygen atoms in total. The van der Waals surface area contributed by atoms with E-state index in [1.54, 1.807) is 0 Å². The quantitative estimate of drug-likeness (QED) is 0.710. The third kappa shape index (κ3) is 3.18. The van der Waals surface area contributed by atoms with E-state index in [9.17, 15) is 4.79 Å². The summed E-state index contributed by atoms with van der Waals surface area (Å²) in [6.45, 7) is 9.91. The minimum absolute atomic E-state index is 0.00218. The lowest BCUT2D eigenvalue weighted by atomic mass is 10.1. The summed E-state index contributed by atoms with van der Waals surface area (Å²) >= 11 is 0. The predicted molar refractivity (Wildman–Crippen MR) is 65.9 cm³/mol. The van der Waals surface area contributed by atoms with E-state index < -0.39 is 0 Å². The number of ether oxygens (including phenoxy) is 1. The molecule has 2 aliphatic rings. The van der Waals surface area contributed by atoms with Crippen molar-refractivity contribution in [3.8, 4) is 0 Å². The lowest BCUT2D eigenvalue weighted by molar-refractivity contribution is -0.140. The molecule has 5 heteroatoms. The molecule has 17 heavy (non-hydrogen) atoms. The third-order valence-corrected chi connectivity index (χ3v) is 3.63. The minimum atomic E-state index is -0.00218. The molecule has 2 aliphatic heterocycles. The highest BCUT2D eigenvalue weighted by Gasteiger charge is 2.29. The van der Waals surface area contributed by atoms with Gasteiger partial charge < -0.3 is 15.0 Å². The summed E-state index contributed by atoms with van der Waals surface area (Å²) in [5, 5.41) is 3.40. The molecule has 0 aromatic heterocycles. The SMILES string of the molecule is CC1CN(C(C)C(=O)N2CCOCC2)CCN1. The van der Waals surface area contributed by atoms with Crippen LogP contribution in [0.1, 0.15) is 13.8 Å². The normalized spacial score (nSPS) is 29.1. The van der Waals surface area contributed by atoms with E-state index >= 15 is 0 Å². The molecule has 2 saturated heterocycles. The highest BCUT2D eigenvalue weighted by Crippen LogP contribution is 2.09. The Morgan fingerprint density at radius 1 is 1.35 bits per heavy atom. The smallest absolute Gasteiger partial charge is 0.239 e. The standard InChI is InChI=1S/C12H23N3O2/c1-10-9-15(4-3-13-10)11(2)12(16)14-5-7-17-8-6-14/h10-11,13H,3-9H2,1-2H3. The van der Waals surface area contributed by atoms with Gasteiger partial charge in [0.15, 0.2) is 0 Å². The average molecular weight is 241 g/mol. The fraction of sp³-hybridized carbons (Fsp3) is 0.917. The Labute approximate surface area is 103 Å². The third-order valence-electron chi connectivity index (χ3n) is 3.63. The van der Waals surface area contributed by atoms with Crippen LogP contribution < -0.4 is 5.32 Å². The molecule has 2 heterocycles. The summed E-state index contributed by atoms with van der Waals surface area (Å²) in [5.74, 6) is 0.252. The van der Waals surface area contributed by atoms with E-state index in [4.69, 9.17) is 4.74 Å². The molecule has 0 bridgehead atoms. The number of amides is 1. The molecular formula is C12H23N3O2. The van der Waals surface area contributed by atoms with Gasteiger partial charge in [-0.25, -0.2) is 0 Å². The topological polar surface area (TPSA) is 44.8 Å². The predicted octanol–water partition coefficient (Wildman–Crippen LogP) is -0.473. The van der Waals surface area contributed by atoms with Crippen LogP contribution in [0.4, 0.5) is 0 Å². The number of rotatable bonds is 2. The van der Waals surface area contributed by atoms with Gasteiger partial charge in [0, 0.05) is 38.8 Å². The number of hydrogen-bond donors (Lipinski definition) is 1. The average Bonchev–Trinajstić information content (AvgIpc) is 2.38. The Bertz CT molecular complexity index is 266. The molecule has 2 rings (SSSR count). The van der Waals surface area contributed by atoms with Gasteiger partial charge in [0.2, 0.25) is 5.91 Å². The fourth-order valence-corrected chi connectivity index (χ4v) is 2.52. The monoisotopic (exact) mass is 241 g/mol. The van der Waals surface area contributed by atoms with Crippen LogP contribution in [0, 0.1) is 0 Å². The Hall–Kier alpha value is -0.650. The summed E-state index contributed by atoms with van der Waals surface area (Å²) < 4.78 is 5.27. The maximum atomic E-state index is 12.3. The number of nitrogens with zero attached hydrogens (tertiary/aromatic N) is 2. The second kappa shape index (κ2) is 5.80. The molecule has 0 spiro atoms. The van der Waals surface area contributed by atoms with Gasteiger partial charge in [-0.1, -0.05) is 0 Å². The molecule has 0 radical (unpaired) electrons. The summed E-state index contributed by atoms with van der Waals surface area (Å²) in [5.41, 5.74) is 0. The number of hydrogen-bond acceptors (Lipinski definition) is 4. The Morgan fingerprint density at radius 3 is 2.71 bits per heavy atom. The molecule has 0 aliphatic carbocycles. The van der Waals surface area contributed by atoms with Crippen molar-refractivity contribution in [3.05, 3.63) is 0 Å². The summed E-state index contributed by atoms with van der Waals surface area (Å²) in [4.78, 5) is 16.5. The van der Waals surface area contributed by atoms with Gasteiger partial charge in [-0.05, 0) is 13.8 Å². The lowest BCUT2D eigenvalue weighted by Crippen LogP contribution is -2.57. The van der Waals surface area contributed by atoms with Crippen molar-refractivity contribution in [2.75, 3.05) is 45.9 Å². The van der Waals surface area contributed by atoms with Gasteiger partial charge in [-0.15, -0.1) is 0 Å². The number of nitrogens with one attached hydrogen (secondary N) is 1. The van der Waals surface area contributed by atoms with Crippen LogP contribution in [-0.2, 0) is 9.53 Å². The van der Waals surface area contributed by atoms with E-state index in [0.29, 0.717) is 19.3 Å². The molecule has 2 fully saturated rings. The zero-order valence-electron chi connectivity index (χ0n) is 10.8.